The van der Waals surface area contributed by atoms with E-state index in [1.54, 1.807) is 6.07 Å². The van der Waals surface area contributed by atoms with Crippen molar-refractivity contribution in [1.82, 2.24) is 0 Å². The van der Waals surface area contributed by atoms with Crippen molar-refractivity contribution in [1.29, 1.82) is 0 Å². The summed E-state index contributed by atoms with van der Waals surface area (Å²) in [5.41, 5.74) is 0.994. The first-order chi connectivity index (χ1) is 7.42. The van der Waals surface area contributed by atoms with Crippen molar-refractivity contribution in [2.45, 2.75) is 39.2 Å². The fraction of sp³-hybridized carbons (Fsp3) is 0.667. The van der Waals surface area contributed by atoms with Crippen LogP contribution in [0.3, 0.4) is 0 Å². The SMILES string of the molecule is CC1(C)CCCC1C(O)c1cc(Cl)sc1Cl. The quantitative estimate of drug-likeness (QED) is 0.815. The molecule has 1 heterocycles. The highest BCUT2D eigenvalue weighted by molar-refractivity contribution is 7.20. The van der Waals surface area contributed by atoms with Crippen LogP contribution in [-0.4, -0.2) is 5.11 Å². The molecule has 0 radical (unpaired) electrons. The first kappa shape index (κ1) is 12.7. The molecule has 0 saturated heterocycles. The lowest BCUT2D eigenvalue weighted by atomic mass is 9.77. The molecule has 0 aromatic carbocycles. The summed E-state index contributed by atoms with van der Waals surface area (Å²) in [4.78, 5) is 0. The van der Waals surface area contributed by atoms with Gasteiger partial charge in [-0.1, -0.05) is 43.5 Å². The van der Waals surface area contributed by atoms with E-state index in [1.807, 2.05) is 0 Å². The Kier molecular flexibility index (Phi) is 3.56. The van der Waals surface area contributed by atoms with Crippen molar-refractivity contribution in [2.75, 3.05) is 0 Å². The molecule has 0 spiro atoms. The average Bonchev–Trinajstić information content (AvgIpc) is 2.68. The van der Waals surface area contributed by atoms with Gasteiger partial charge in [-0.25, -0.2) is 0 Å². The molecule has 1 aromatic rings. The molecule has 1 aromatic heterocycles. The maximum atomic E-state index is 10.4. The first-order valence-electron chi connectivity index (χ1n) is 5.54. The van der Waals surface area contributed by atoms with Gasteiger partial charge in [0.15, 0.2) is 0 Å². The van der Waals surface area contributed by atoms with Crippen LogP contribution < -0.4 is 0 Å². The lowest BCUT2D eigenvalue weighted by molar-refractivity contribution is 0.0535. The monoisotopic (exact) mass is 278 g/mol. The maximum absolute atomic E-state index is 10.4. The summed E-state index contributed by atoms with van der Waals surface area (Å²) >= 11 is 13.3. The second kappa shape index (κ2) is 4.49. The Morgan fingerprint density at radius 3 is 2.62 bits per heavy atom. The van der Waals surface area contributed by atoms with E-state index in [9.17, 15) is 5.11 Å². The van der Waals surface area contributed by atoms with Gasteiger partial charge >= 0.3 is 0 Å². The van der Waals surface area contributed by atoms with Crippen molar-refractivity contribution in [3.63, 3.8) is 0 Å². The molecule has 4 heteroatoms. The smallest absolute Gasteiger partial charge is 0.100 e. The summed E-state index contributed by atoms with van der Waals surface area (Å²) in [5, 5.41) is 10.4. The standard InChI is InChI=1S/C12H16Cl2OS/c1-12(2)5-3-4-8(12)10(15)7-6-9(13)16-11(7)14/h6,8,10,15H,3-5H2,1-2H3. The van der Waals surface area contributed by atoms with Gasteiger partial charge in [-0.05, 0) is 30.2 Å². The van der Waals surface area contributed by atoms with Gasteiger partial charge in [0.2, 0.25) is 0 Å². The van der Waals surface area contributed by atoms with Crippen molar-refractivity contribution in [3.05, 3.63) is 20.3 Å². The van der Waals surface area contributed by atoms with Crippen LogP contribution in [0.25, 0.3) is 0 Å². The second-order valence-corrected chi connectivity index (χ2v) is 7.50. The molecule has 1 fully saturated rings. The van der Waals surface area contributed by atoms with Crippen LogP contribution in [0.1, 0.15) is 44.8 Å². The predicted molar refractivity (Wildman–Crippen MR) is 70.4 cm³/mol. The van der Waals surface area contributed by atoms with Gasteiger partial charge in [0.1, 0.15) is 4.34 Å². The van der Waals surface area contributed by atoms with E-state index in [-0.39, 0.29) is 11.3 Å². The van der Waals surface area contributed by atoms with Crippen LogP contribution in [0.2, 0.25) is 8.67 Å². The molecular weight excluding hydrogens is 263 g/mol. The molecule has 1 aliphatic rings. The second-order valence-electron chi connectivity index (χ2n) is 5.21. The van der Waals surface area contributed by atoms with Crippen LogP contribution in [0.15, 0.2) is 6.07 Å². The minimum absolute atomic E-state index is 0.192. The Bertz CT molecular complexity index is 386. The molecule has 1 aliphatic carbocycles. The molecule has 2 unspecified atom stereocenters. The molecule has 1 N–H and O–H groups in total. The van der Waals surface area contributed by atoms with Gasteiger partial charge in [0.25, 0.3) is 0 Å². The van der Waals surface area contributed by atoms with Crippen molar-refractivity contribution >= 4 is 34.5 Å². The summed E-state index contributed by atoms with van der Waals surface area (Å²) in [5.74, 6) is 0.288. The van der Waals surface area contributed by atoms with E-state index >= 15 is 0 Å². The van der Waals surface area contributed by atoms with Crippen LogP contribution in [0, 0.1) is 11.3 Å². The average molecular weight is 279 g/mol. The van der Waals surface area contributed by atoms with Crippen LogP contribution >= 0.6 is 34.5 Å². The van der Waals surface area contributed by atoms with Gasteiger partial charge < -0.3 is 5.11 Å². The minimum atomic E-state index is -0.478. The number of halogens is 2. The van der Waals surface area contributed by atoms with E-state index < -0.39 is 6.10 Å². The highest BCUT2D eigenvalue weighted by Crippen LogP contribution is 2.50. The maximum Gasteiger partial charge on any atom is 0.100 e. The summed E-state index contributed by atoms with van der Waals surface area (Å²) in [6.07, 6.45) is 2.94. The number of hydrogen-bond acceptors (Lipinski definition) is 2. The molecule has 1 nitrogen and oxygen atoms in total. The number of rotatable bonds is 2. The first-order valence-corrected chi connectivity index (χ1v) is 7.12. The van der Waals surface area contributed by atoms with E-state index in [0.717, 1.165) is 12.0 Å². The highest BCUT2D eigenvalue weighted by Gasteiger charge is 2.40. The zero-order valence-corrected chi connectivity index (χ0v) is 11.8. The zero-order chi connectivity index (χ0) is 11.9. The predicted octanol–water partition coefficient (Wildman–Crippen LogP) is 4.91. The normalized spacial score (nSPS) is 25.9. The number of thiophene rings is 1. The van der Waals surface area contributed by atoms with Crippen LogP contribution in [0.4, 0.5) is 0 Å². The topological polar surface area (TPSA) is 20.2 Å². The summed E-state index contributed by atoms with van der Waals surface area (Å²) in [6, 6.07) is 1.80. The van der Waals surface area contributed by atoms with Crippen molar-refractivity contribution < 1.29 is 5.11 Å². The Balaban J connectivity index is 2.25. The minimum Gasteiger partial charge on any atom is -0.388 e. The van der Waals surface area contributed by atoms with Crippen molar-refractivity contribution in [2.24, 2.45) is 11.3 Å². The highest BCUT2D eigenvalue weighted by atomic mass is 35.5. The van der Waals surface area contributed by atoms with E-state index in [1.165, 1.54) is 24.2 Å². The number of aliphatic hydroxyl groups is 1. The molecule has 2 atom stereocenters. The van der Waals surface area contributed by atoms with E-state index in [4.69, 9.17) is 23.2 Å². The molecule has 0 bridgehead atoms. The molecule has 2 rings (SSSR count). The van der Waals surface area contributed by atoms with Crippen molar-refractivity contribution in [3.8, 4) is 0 Å². The number of aliphatic hydroxyl groups excluding tert-OH is 1. The van der Waals surface area contributed by atoms with Gasteiger partial charge in [0, 0.05) is 5.56 Å². The Labute approximate surface area is 110 Å². The van der Waals surface area contributed by atoms with E-state index in [0.29, 0.717) is 8.67 Å². The summed E-state index contributed by atoms with van der Waals surface area (Å²) in [7, 11) is 0. The molecule has 90 valence electrons. The Morgan fingerprint density at radius 1 is 1.50 bits per heavy atom. The Morgan fingerprint density at radius 2 is 2.19 bits per heavy atom. The molecule has 0 aliphatic heterocycles. The largest absolute Gasteiger partial charge is 0.388 e. The van der Waals surface area contributed by atoms with Crippen LogP contribution in [-0.2, 0) is 0 Å². The lowest BCUT2D eigenvalue weighted by Gasteiger charge is -2.31. The third-order valence-corrected chi connectivity index (χ3v) is 5.24. The molecular formula is C12H16Cl2OS. The fourth-order valence-electron chi connectivity index (χ4n) is 2.71. The third kappa shape index (κ3) is 2.26. The molecule has 16 heavy (non-hydrogen) atoms. The zero-order valence-electron chi connectivity index (χ0n) is 9.46. The van der Waals surface area contributed by atoms with E-state index in [2.05, 4.69) is 13.8 Å². The lowest BCUT2D eigenvalue weighted by Crippen LogP contribution is -2.24. The third-order valence-electron chi connectivity index (χ3n) is 3.72. The van der Waals surface area contributed by atoms with Gasteiger partial charge in [-0.15, -0.1) is 11.3 Å². The Hall–Kier alpha value is 0.240. The number of hydrogen-bond donors (Lipinski definition) is 1. The molecule has 0 amide bonds. The van der Waals surface area contributed by atoms with Gasteiger partial charge in [0.05, 0.1) is 10.4 Å². The van der Waals surface area contributed by atoms with Crippen LogP contribution in [0.5, 0.6) is 0 Å². The molecule has 1 saturated carbocycles. The summed E-state index contributed by atoms with van der Waals surface area (Å²) in [6.45, 7) is 4.44. The summed E-state index contributed by atoms with van der Waals surface area (Å²) < 4.78 is 1.27. The fourth-order valence-corrected chi connectivity index (χ4v) is 4.25. The van der Waals surface area contributed by atoms with Gasteiger partial charge in [-0.3, -0.25) is 0 Å². The van der Waals surface area contributed by atoms with Gasteiger partial charge in [-0.2, -0.15) is 0 Å².